The second-order valence-electron chi connectivity index (χ2n) is 12.5. The molecule has 49 heavy (non-hydrogen) atoms. The van der Waals surface area contributed by atoms with Crippen molar-refractivity contribution in [2.75, 3.05) is 13.1 Å². The van der Waals surface area contributed by atoms with Crippen LogP contribution < -0.4 is 0 Å². The SMILES string of the molecule is Cc1n[nH]c(-c2nnc3c4cc(-c5ccccc5)c(-c5ccc(CN6CCC(c7nnc(-c8ccccn8)[nH]7)CC6)cc5)nc4ccn23)n1. The minimum atomic E-state index is 0.371. The summed E-state index contributed by atoms with van der Waals surface area (Å²) in [5, 5.41) is 25.8. The Kier molecular flexibility index (Phi) is 7.20. The van der Waals surface area contributed by atoms with Gasteiger partial charge >= 0.3 is 0 Å². The number of pyridine rings is 3. The van der Waals surface area contributed by atoms with E-state index >= 15 is 0 Å². The number of hydrogen-bond donors (Lipinski definition) is 2. The summed E-state index contributed by atoms with van der Waals surface area (Å²) >= 11 is 0. The molecule has 12 heteroatoms. The van der Waals surface area contributed by atoms with Gasteiger partial charge in [0.2, 0.25) is 5.82 Å². The van der Waals surface area contributed by atoms with Crippen LogP contribution in [0.5, 0.6) is 0 Å². The third kappa shape index (κ3) is 5.51. The molecule has 9 rings (SSSR count). The van der Waals surface area contributed by atoms with Gasteiger partial charge in [0.05, 0.1) is 11.2 Å². The number of rotatable bonds is 7. The molecule has 1 saturated heterocycles. The molecule has 6 aromatic heterocycles. The van der Waals surface area contributed by atoms with Gasteiger partial charge in [-0.3, -0.25) is 19.4 Å². The van der Waals surface area contributed by atoms with Crippen LogP contribution in [0.25, 0.3) is 62.1 Å². The minimum Gasteiger partial charge on any atom is -0.323 e. The highest BCUT2D eigenvalue weighted by Crippen LogP contribution is 2.35. The van der Waals surface area contributed by atoms with Crippen LogP contribution in [-0.2, 0) is 6.54 Å². The zero-order chi connectivity index (χ0) is 32.7. The molecule has 0 aliphatic carbocycles. The topological polar surface area (TPSA) is 142 Å². The van der Waals surface area contributed by atoms with Crippen LogP contribution >= 0.6 is 0 Å². The summed E-state index contributed by atoms with van der Waals surface area (Å²) in [7, 11) is 0. The fourth-order valence-electron chi connectivity index (χ4n) is 6.73. The number of aromatic amines is 2. The first kappa shape index (κ1) is 29.0. The van der Waals surface area contributed by atoms with Gasteiger partial charge < -0.3 is 4.98 Å². The average Bonchev–Trinajstić information content (AvgIpc) is 3.93. The first-order chi connectivity index (χ1) is 24.2. The van der Waals surface area contributed by atoms with Crippen molar-refractivity contribution in [2.24, 2.45) is 0 Å². The van der Waals surface area contributed by atoms with E-state index in [2.05, 4.69) is 105 Å². The number of piperidine rings is 1. The van der Waals surface area contributed by atoms with Gasteiger partial charge in [0.15, 0.2) is 17.3 Å². The lowest BCUT2D eigenvalue weighted by Crippen LogP contribution is -2.32. The molecular formula is C37H32N12. The molecule has 0 saturated carbocycles. The number of nitrogens with one attached hydrogen (secondary N) is 2. The molecule has 1 aliphatic rings. The van der Waals surface area contributed by atoms with Gasteiger partial charge in [-0.05, 0) is 68.2 Å². The Morgan fingerprint density at radius 3 is 2.41 bits per heavy atom. The van der Waals surface area contributed by atoms with Crippen LogP contribution in [0.3, 0.4) is 0 Å². The molecule has 0 bridgehead atoms. The van der Waals surface area contributed by atoms with Crippen molar-refractivity contribution in [1.82, 2.24) is 59.8 Å². The lowest BCUT2D eigenvalue weighted by Gasteiger charge is -2.30. The van der Waals surface area contributed by atoms with Crippen molar-refractivity contribution in [3.63, 3.8) is 0 Å². The van der Waals surface area contributed by atoms with E-state index in [9.17, 15) is 0 Å². The molecule has 0 atom stereocenters. The highest BCUT2D eigenvalue weighted by atomic mass is 15.3. The largest absolute Gasteiger partial charge is 0.323 e. The number of likely N-dealkylation sites (tertiary alicyclic amines) is 1. The molecule has 0 unspecified atom stereocenters. The Hall–Kier alpha value is -6.14. The second-order valence-corrected chi connectivity index (χ2v) is 12.5. The third-order valence-electron chi connectivity index (χ3n) is 9.28. The fourth-order valence-corrected chi connectivity index (χ4v) is 6.73. The van der Waals surface area contributed by atoms with Gasteiger partial charge in [0.1, 0.15) is 17.3 Å². The molecule has 0 radical (unpaired) electrons. The molecule has 7 heterocycles. The normalized spacial score (nSPS) is 14.2. The van der Waals surface area contributed by atoms with Gasteiger partial charge in [-0.1, -0.05) is 60.7 Å². The predicted octanol–water partition coefficient (Wildman–Crippen LogP) is 6.26. The number of hydrogen-bond acceptors (Lipinski definition) is 9. The molecular weight excluding hydrogens is 612 g/mol. The van der Waals surface area contributed by atoms with Crippen molar-refractivity contribution in [3.05, 3.63) is 115 Å². The van der Waals surface area contributed by atoms with Gasteiger partial charge in [-0.15, -0.1) is 20.4 Å². The Labute approximate surface area is 281 Å². The molecule has 0 spiro atoms. The van der Waals surface area contributed by atoms with Crippen molar-refractivity contribution < 1.29 is 0 Å². The van der Waals surface area contributed by atoms with Crippen LogP contribution in [0, 0.1) is 6.92 Å². The zero-order valence-electron chi connectivity index (χ0n) is 26.8. The van der Waals surface area contributed by atoms with Crippen molar-refractivity contribution in [3.8, 4) is 45.6 Å². The number of aromatic nitrogens is 11. The first-order valence-electron chi connectivity index (χ1n) is 16.5. The summed E-state index contributed by atoms with van der Waals surface area (Å²) in [6.45, 7) is 4.75. The summed E-state index contributed by atoms with van der Waals surface area (Å²) in [5.41, 5.74) is 7.78. The van der Waals surface area contributed by atoms with Gasteiger partial charge in [-0.25, -0.2) is 9.97 Å². The molecule has 12 nitrogen and oxygen atoms in total. The number of nitrogens with zero attached hydrogens (tertiary/aromatic N) is 10. The zero-order valence-corrected chi connectivity index (χ0v) is 26.8. The highest BCUT2D eigenvalue weighted by molar-refractivity contribution is 5.98. The third-order valence-corrected chi connectivity index (χ3v) is 9.28. The van der Waals surface area contributed by atoms with Gasteiger partial charge in [-0.2, -0.15) is 5.10 Å². The van der Waals surface area contributed by atoms with E-state index in [4.69, 9.17) is 4.98 Å². The lowest BCUT2D eigenvalue weighted by atomic mass is 9.95. The van der Waals surface area contributed by atoms with Crippen LogP contribution in [0.15, 0.2) is 97.3 Å². The number of fused-ring (bicyclic) bond motifs is 3. The van der Waals surface area contributed by atoms with Gasteiger partial charge in [0.25, 0.3) is 0 Å². The van der Waals surface area contributed by atoms with E-state index in [-0.39, 0.29) is 0 Å². The molecule has 1 fully saturated rings. The summed E-state index contributed by atoms with van der Waals surface area (Å²) in [5.74, 6) is 3.89. The van der Waals surface area contributed by atoms with E-state index in [1.54, 1.807) is 6.20 Å². The molecule has 0 amide bonds. The molecule has 240 valence electrons. The summed E-state index contributed by atoms with van der Waals surface area (Å²) in [4.78, 5) is 20.0. The smallest absolute Gasteiger partial charge is 0.205 e. The average molecular weight is 645 g/mol. The van der Waals surface area contributed by atoms with Crippen molar-refractivity contribution in [2.45, 2.75) is 32.2 Å². The van der Waals surface area contributed by atoms with Crippen LogP contribution in [0.1, 0.15) is 36.0 Å². The van der Waals surface area contributed by atoms with E-state index in [1.165, 1.54) is 5.56 Å². The summed E-state index contributed by atoms with van der Waals surface area (Å²) in [6, 6.07) is 29.2. The minimum absolute atomic E-state index is 0.371. The number of H-pyrrole nitrogens is 2. The number of aryl methyl sites for hydroxylation is 1. The van der Waals surface area contributed by atoms with E-state index < -0.39 is 0 Å². The predicted molar refractivity (Wildman–Crippen MR) is 186 cm³/mol. The molecule has 1 aliphatic heterocycles. The van der Waals surface area contributed by atoms with E-state index in [0.29, 0.717) is 29.0 Å². The van der Waals surface area contributed by atoms with Crippen LogP contribution in [-0.4, -0.2) is 72.9 Å². The standard InChI is InChI=1S/C37H32N12/c1-23-39-35(45-42-23)37-47-46-36-29-21-28(25-7-3-2-4-8-25)32(40-30(29)16-20-49(36)37)26-12-10-24(11-13-26)22-48-18-14-27(15-19-48)33-41-34(44-43-33)31-9-5-6-17-38-31/h2-13,16-17,20-21,27H,14-15,18-19,22H2,1H3,(H,39,42,45)(H,41,43,44). The monoisotopic (exact) mass is 644 g/mol. The Morgan fingerprint density at radius 1 is 0.796 bits per heavy atom. The van der Waals surface area contributed by atoms with E-state index in [0.717, 1.165) is 83.1 Å². The number of benzene rings is 2. The first-order valence-corrected chi connectivity index (χ1v) is 16.5. The van der Waals surface area contributed by atoms with Gasteiger partial charge in [0, 0.05) is 41.4 Å². The second kappa shape index (κ2) is 12.1. The maximum absolute atomic E-state index is 5.22. The lowest BCUT2D eigenvalue weighted by molar-refractivity contribution is 0.202. The maximum Gasteiger partial charge on any atom is 0.205 e. The Morgan fingerprint density at radius 2 is 1.63 bits per heavy atom. The molecule has 8 aromatic rings. The van der Waals surface area contributed by atoms with Crippen LogP contribution in [0.4, 0.5) is 0 Å². The van der Waals surface area contributed by atoms with Crippen molar-refractivity contribution in [1.29, 1.82) is 0 Å². The quantitative estimate of drug-likeness (QED) is 0.205. The maximum atomic E-state index is 5.22. The Bertz CT molecular complexity index is 2390. The molecule has 2 aromatic carbocycles. The van der Waals surface area contributed by atoms with Crippen molar-refractivity contribution >= 4 is 16.6 Å². The van der Waals surface area contributed by atoms with E-state index in [1.807, 2.05) is 47.9 Å². The summed E-state index contributed by atoms with van der Waals surface area (Å²) < 4.78 is 1.93. The highest BCUT2D eigenvalue weighted by Gasteiger charge is 2.24. The molecule has 2 N–H and O–H groups in total. The summed E-state index contributed by atoms with van der Waals surface area (Å²) in [6.07, 6.45) is 5.79. The fraction of sp³-hybridized carbons (Fsp3) is 0.189. The Balaban J connectivity index is 0.961. The van der Waals surface area contributed by atoms with Crippen LogP contribution in [0.2, 0.25) is 0 Å².